The van der Waals surface area contributed by atoms with Gasteiger partial charge in [-0.25, -0.2) is 0 Å². The van der Waals surface area contributed by atoms with E-state index in [0.717, 1.165) is 5.56 Å². The Kier molecular flexibility index (Phi) is 4.25. The maximum atomic E-state index is 5.92. The summed E-state index contributed by atoms with van der Waals surface area (Å²) in [5.41, 5.74) is 7.62. The molecule has 22 heavy (non-hydrogen) atoms. The van der Waals surface area contributed by atoms with Crippen molar-refractivity contribution in [1.82, 2.24) is 0 Å². The highest BCUT2D eigenvalue weighted by Gasteiger charge is 2.07. The molecule has 0 aliphatic carbocycles. The van der Waals surface area contributed by atoms with Crippen molar-refractivity contribution in [3.8, 4) is 17.2 Å². The van der Waals surface area contributed by atoms with Crippen LogP contribution in [0.2, 0.25) is 0 Å². The average Bonchev–Trinajstić information content (AvgIpc) is 2.57. The number of hydrogen-bond donors (Lipinski definition) is 1. The van der Waals surface area contributed by atoms with Crippen molar-refractivity contribution in [3.63, 3.8) is 0 Å². The Hall–Kier alpha value is -2.94. The summed E-state index contributed by atoms with van der Waals surface area (Å²) in [5, 5.41) is 0. The molecule has 0 amide bonds. The lowest BCUT2D eigenvalue weighted by Gasteiger charge is -2.13. The zero-order valence-corrected chi connectivity index (χ0v) is 12.1. The van der Waals surface area contributed by atoms with E-state index in [1.54, 1.807) is 0 Å². The number of nitrogen functional groups attached to an aromatic ring is 1. The molecule has 0 saturated heterocycles. The largest absolute Gasteiger partial charge is 0.485 e. The number of benzene rings is 3. The van der Waals surface area contributed by atoms with E-state index < -0.39 is 0 Å². The van der Waals surface area contributed by atoms with Gasteiger partial charge in [0.05, 0.1) is 5.69 Å². The molecule has 2 N–H and O–H groups in total. The van der Waals surface area contributed by atoms with E-state index in [-0.39, 0.29) is 0 Å². The molecule has 3 aromatic rings. The van der Waals surface area contributed by atoms with E-state index in [1.165, 1.54) is 0 Å². The monoisotopic (exact) mass is 291 g/mol. The second-order valence-electron chi connectivity index (χ2n) is 4.86. The number of hydrogen-bond acceptors (Lipinski definition) is 3. The molecule has 3 nitrogen and oxygen atoms in total. The van der Waals surface area contributed by atoms with Crippen LogP contribution < -0.4 is 15.2 Å². The lowest BCUT2D eigenvalue weighted by molar-refractivity contribution is 0.292. The minimum Gasteiger partial charge on any atom is -0.485 e. The molecule has 0 saturated carbocycles. The van der Waals surface area contributed by atoms with Gasteiger partial charge in [-0.3, -0.25) is 0 Å². The van der Waals surface area contributed by atoms with Crippen LogP contribution in [-0.4, -0.2) is 0 Å². The minimum absolute atomic E-state index is 0.492. The van der Waals surface area contributed by atoms with Crippen LogP contribution in [-0.2, 0) is 6.61 Å². The van der Waals surface area contributed by atoms with Crippen LogP contribution >= 0.6 is 0 Å². The summed E-state index contributed by atoms with van der Waals surface area (Å²) in [6.45, 7) is 0.492. The Bertz CT molecular complexity index is 741. The minimum atomic E-state index is 0.492. The first-order valence-electron chi connectivity index (χ1n) is 7.11. The molecular weight excluding hydrogens is 274 g/mol. The lowest BCUT2D eigenvalue weighted by Crippen LogP contribution is -1.98. The molecule has 3 rings (SSSR count). The van der Waals surface area contributed by atoms with Gasteiger partial charge in [0.2, 0.25) is 0 Å². The first kappa shape index (κ1) is 14.0. The molecule has 0 atom stereocenters. The lowest BCUT2D eigenvalue weighted by atomic mass is 10.2. The third-order valence-corrected chi connectivity index (χ3v) is 3.23. The Morgan fingerprint density at radius 1 is 0.636 bits per heavy atom. The maximum Gasteiger partial charge on any atom is 0.169 e. The van der Waals surface area contributed by atoms with Crippen molar-refractivity contribution < 1.29 is 9.47 Å². The fraction of sp³-hybridized carbons (Fsp3) is 0.0526. The van der Waals surface area contributed by atoms with Crippen LogP contribution in [0.1, 0.15) is 5.56 Å². The van der Waals surface area contributed by atoms with Gasteiger partial charge in [0.25, 0.3) is 0 Å². The van der Waals surface area contributed by atoms with Crippen LogP contribution in [0, 0.1) is 0 Å². The zero-order valence-electron chi connectivity index (χ0n) is 12.1. The summed E-state index contributed by atoms with van der Waals surface area (Å²) in [4.78, 5) is 0. The van der Waals surface area contributed by atoms with Gasteiger partial charge < -0.3 is 15.2 Å². The van der Waals surface area contributed by atoms with Gasteiger partial charge in [-0.1, -0.05) is 54.6 Å². The summed E-state index contributed by atoms with van der Waals surface area (Å²) < 4.78 is 11.7. The van der Waals surface area contributed by atoms with Crippen LogP contribution in [0.15, 0.2) is 78.9 Å². The maximum absolute atomic E-state index is 5.92. The number of rotatable bonds is 5. The highest BCUT2D eigenvalue weighted by atomic mass is 16.5. The van der Waals surface area contributed by atoms with E-state index in [9.17, 15) is 0 Å². The van der Waals surface area contributed by atoms with Gasteiger partial charge in [-0.2, -0.15) is 0 Å². The Morgan fingerprint density at radius 3 is 1.95 bits per heavy atom. The topological polar surface area (TPSA) is 44.5 Å². The van der Waals surface area contributed by atoms with E-state index in [4.69, 9.17) is 15.2 Å². The highest BCUT2D eigenvalue weighted by molar-refractivity contribution is 5.55. The predicted molar refractivity (Wildman–Crippen MR) is 88.1 cm³/mol. The Labute approximate surface area is 129 Å². The third-order valence-electron chi connectivity index (χ3n) is 3.23. The average molecular weight is 291 g/mol. The zero-order chi connectivity index (χ0) is 15.2. The van der Waals surface area contributed by atoms with Crippen LogP contribution in [0.4, 0.5) is 5.69 Å². The number of nitrogens with two attached hydrogens (primary N) is 1. The summed E-state index contributed by atoms with van der Waals surface area (Å²) in [6.07, 6.45) is 0. The van der Waals surface area contributed by atoms with Crippen molar-refractivity contribution in [3.05, 3.63) is 84.4 Å². The fourth-order valence-electron chi connectivity index (χ4n) is 2.08. The van der Waals surface area contributed by atoms with E-state index >= 15 is 0 Å². The summed E-state index contributed by atoms with van der Waals surface area (Å²) in [7, 11) is 0. The molecule has 3 aromatic carbocycles. The van der Waals surface area contributed by atoms with E-state index in [2.05, 4.69) is 0 Å². The molecular formula is C19H17NO2. The normalized spacial score (nSPS) is 10.2. The number of anilines is 1. The van der Waals surface area contributed by atoms with Gasteiger partial charge in [-0.15, -0.1) is 0 Å². The second-order valence-corrected chi connectivity index (χ2v) is 4.86. The Balaban J connectivity index is 1.77. The first-order chi connectivity index (χ1) is 10.8. The quantitative estimate of drug-likeness (QED) is 0.696. The standard InChI is InChI=1S/C19H17NO2/c20-16-10-4-5-11-17(16)22-19-13-7-6-12-18(19)21-14-15-8-2-1-3-9-15/h1-13H,14,20H2. The highest BCUT2D eigenvalue weighted by Crippen LogP contribution is 2.34. The molecule has 0 unspecified atom stereocenters. The van der Waals surface area contributed by atoms with Crippen LogP contribution in [0.5, 0.6) is 17.2 Å². The van der Waals surface area contributed by atoms with Crippen LogP contribution in [0.3, 0.4) is 0 Å². The van der Waals surface area contributed by atoms with Crippen molar-refractivity contribution >= 4 is 5.69 Å². The number of para-hydroxylation sites is 4. The number of ether oxygens (including phenoxy) is 2. The fourth-order valence-corrected chi connectivity index (χ4v) is 2.08. The molecule has 110 valence electrons. The molecule has 0 fully saturated rings. The molecule has 3 heteroatoms. The van der Waals surface area contributed by atoms with Crippen LogP contribution in [0.25, 0.3) is 0 Å². The van der Waals surface area contributed by atoms with Crippen molar-refractivity contribution in [1.29, 1.82) is 0 Å². The summed E-state index contributed by atoms with van der Waals surface area (Å²) >= 11 is 0. The summed E-state index contributed by atoms with van der Waals surface area (Å²) in [6, 6.07) is 25.0. The predicted octanol–water partition coefficient (Wildman–Crippen LogP) is 4.64. The first-order valence-corrected chi connectivity index (χ1v) is 7.11. The van der Waals surface area contributed by atoms with E-state index in [0.29, 0.717) is 29.5 Å². The molecule has 0 aliphatic rings. The summed E-state index contributed by atoms with van der Waals surface area (Å²) in [5.74, 6) is 1.96. The van der Waals surface area contributed by atoms with Gasteiger partial charge in [0, 0.05) is 0 Å². The van der Waals surface area contributed by atoms with Gasteiger partial charge >= 0.3 is 0 Å². The van der Waals surface area contributed by atoms with E-state index in [1.807, 2.05) is 78.9 Å². The second kappa shape index (κ2) is 6.68. The van der Waals surface area contributed by atoms with Crippen molar-refractivity contribution in [2.75, 3.05) is 5.73 Å². The molecule has 0 spiro atoms. The molecule has 0 heterocycles. The molecule has 0 aromatic heterocycles. The van der Waals surface area contributed by atoms with Gasteiger partial charge in [0.1, 0.15) is 6.61 Å². The van der Waals surface area contributed by atoms with Crippen molar-refractivity contribution in [2.24, 2.45) is 0 Å². The smallest absolute Gasteiger partial charge is 0.169 e. The third kappa shape index (κ3) is 3.38. The van der Waals surface area contributed by atoms with Gasteiger partial charge in [0.15, 0.2) is 17.2 Å². The van der Waals surface area contributed by atoms with Crippen molar-refractivity contribution in [2.45, 2.75) is 6.61 Å². The SMILES string of the molecule is Nc1ccccc1Oc1ccccc1OCc1ccccc1. The molecule has 0 bridgehead atoms. The molecule has 0 aliphatic heterocycles. The molecule has 0 radical (unpaired) electrons. The Morgan fingerprint density at radius 2 is 1.23 bits per heavy atom. The van der Waals surface area contributed by atoms with Gasteiger partial charge in [-0.05, 0) is 29.8 Å².